The van der Waals surface area contributed by atoms with Gasteiger partial charge in [-0.25, -0.2) is 0 Å². The van der Waals surface area contributed by atoms with Crippen molar-refractivity contribution < 1.29 is 14.2 Å². The van der Waals surface area contributed by atoms with E-state index in [0.717, 1.165) is 53.8 Å². The molecule has 0 N–H and O–H groups in total. The number of thiophene rings is 1. The fourth-order valence-corrected chi connectivity index (χ4v) is 10.2. The molecule has 0 atom stereocenters. The summed E-state index contributed by atoms with van der Waals surface area (Å²) in [7, 11) is 3.46. The van der Waals surface area contributed by atoms with Crippen LogP contribution in [0.5, 0.6) is 17.2 Å². The van der Waals surface area contributed by atoms with E-state index in [4.69, 9.17) is 25.8 Å². The third-order valence-electron chi connectivity index (χ3n) is 11.5. The number of methoxy groups -OCH3 is 2. The normalized spacial score (nSPS) is 10.8. The average molecular weight is 1020 g/mol. The van der Waals surface area contributed by atoms with Crippen LogP contribution in [0.2, 0.25) is 5.02 Å². The van der Waals surface area contributed by atoms with Crippen molar-refractivity contribution in [2.24, 2.45) is 0 Å². The molecule has 2 aromatic heterocycles. The standard InChI is InChI=1S/C15H20N2.C12H17ClO.2C12H18O.C8H11BrS/c1-11(2)15-9-14(8-12(3)13(15)4)10-17-7-5-6-16-17;1-4-7-14-10-5-6-12(13)11(8-10)9(2)3;1-8(2)11-6-10(4)12(13-5)7-9(11)3;1-5-10-7-6-8-11(13-4)12(10)9(2)3;1-5(2)8-7(9)4-6(3)10-8/h5-9,11H,10H2,1-4H3;5-6,8-9H,4,7H2,1-3H3;6-8H,1-5H3;6-9H,5H2,1-4H3;4-5H,1-3H3. The molecule has 368 valence electrons. The van der Waals surface area contributed by atoms with Crippen molar-refractivity contribution in [1.82, 2.24) is 9.78 Å². The van der Waals surface area contributed by atoms with Gasteiger partial charge in [-0.05, 0) is 191 Å². The second-order valence-corrected chi connectivity index (χ2v) is 21.3. The van der Waals surface area contributed by atoms with E-state index in [2.05, 4.69) is 181 Å². The van der Waals surface area contributed by atoms with Crippen molar-refractivity contribution in [3.8, 4) is 17.2 Å². The summed E-state index contributed by atoms with van der Waals surface area (Å²) >= 11 is 11.5. The van der Waals surface area contributed by atoms with Crippen molar-refractivity contribution in [2.45, 2.75) is 167 Å². The molecule has 2 heterocycles. The Hall–Kier alpha value is -4.04. The summed E-state index contributed by atoms with van der Waals surface area (Å²) < 4.78 is 19.4. The Morgan fingerprint density at radius 1 is 0.657 bits per heavy atom. The zero-order chi connectivity index (χ0) is 50.5. The minimum atomic E-state index is 0.438. The van der Waals surface area contributed by atoms with Gasteiger partial charge in [0.05, 0.1) is 27.4 Å². The Morgan fingerprint density at radius 3 is 1.78 bits per heavy atom. The lowest BCUT2D eigenvalue weighted by Gasteiger charge is -2.15. The first-order valence-electron chi connectivity index (χ1n) is 24.2. The molecule has 0 fully saturated rings. The quantitative estimate of drug-likeness (QED) is 0.116. The second-order valence-electron chi connectivity index (χ2n) is 18.8. The van der Waals surface area contributed by atoms with E-state index in [-0.39, 0.29) is 0 Å². The molecule has 6 aromatic rings. The number of rotatable bonds is 13. The second kappa shape index (κ2) is 29.8. The molecule has 0 aliphatic rings. The van der Waals surface area contributed by atoms with E-state index in [1.165, 1.54) is 64.3 Å². The molecule has 0 unspecified atom stereocenters. The maximum absolute atomic E-state index is 6.07. The first-order valence-corrected chi connectivity index (χ1v) is 26.1. The number of aryl methyl sites for hydroxylation is 5. The van der Waals surface area contributed by atoms with E-state index >= 15 is 0 Å². The lowest BCUT2D eigenvalue weighted by molar-refractivity contribution is 0.317. The van der Waals surface area contributed by atoms with Crippen molar-refractivity contribution >= 4 is 38.9 Å². The summed E-state index contributed by atoms with van der Waals surface area (Å²) in [5.74, 6) is 5.71. The minimum absolute atomic E-state index is 0.438. The molecule has 0 saturated carbocycles. The number of aromatic nitrogens is 2. The monoisotopic (exact) mass is 1010 g/mol. The number of hydrogen-bond donors (Lipinski definition) is 0. The van der Waals surface area contributed by atoms with Crippen LogP contribution in [0, 0.1) is 34.6 Å². The third-order valence-corrected chi connectivity index (χ3v) is 14.1. The summed E-state index contributed by atoms with van der Waals surface area (Å²) in [5, 5.41) is 5.08. The smallest absolute Gasteiger partial charge is 0.122 e. The Balaban J connectivity index is 0.000000290. The fraction of sp³-hybridized carbons (Fsp3) is 0.475. The molecule has 0 saturated heterocycles. The Kier molecular flexibility index (Phi) is 26.2. The third kappa shape index (κ3) is 19.1. The highest BCUT2D eigenvalue weighted by molar-refractivity contribution is 9.10. The molecule has 8 heteroatoms. The van der Waals surface area contributed by atoms with Gasteiger partial charge in [0, 0.05) is 31.6 Å². The summed E-state index contributed by atoms with van der Waals surface area (Å²) in [6.07, 6.45) is 5.93. The zero-order valence-corrected chi connectivity index (χ0v) is 47.7. The van der Waals surface area contributed by atoms with Crippen molar-refractivity contribution in [3.63, 3.8) is 0 Å². The Morgan fingerprint density at radius 2 is 1.30 bits per heavy atom. The Bertz CT molecular complexity index is 2340. The summed E-state index contributed by atoms with van der Waals surface area (Å²) in [5.41, 5.74) is 13.4. The highest BCUT2D eigenvalue weighted by atomic mass is 79.9. The van der Waals surface area contributed by atoms with E-state index in [9.17, 15) is 0 Å². The van der Waals surface area contributed by atoms with Crippen LogP contribution in [0.3, 0.4) is 0 Å². The van der Waals surface area contributed by atoms with Crippen molar-refractivity contribution in [1.29, 1.82) is 0 Å². The van der Waals surface area contributed by atoms with Crippen LogP contribution in [0.15, 0.2) is 89.7 Å². The maximum Gasteiger partial charge on any atom is 0.122 e. The largest absolute Gasteiger partial charge is 0.496 e. The molecule has 0 radical (unpaired) electrons. The topological polar surface area (TPSA) is 45.5 Å². The fourth-order valence-electron chi connectivity index (χ4n) is 7.79. The number of ether oxygens (including phenoxy) is 3. The van der Waals surface area contributed by atoms with E-state index in [1.54, 1.807) is 14.2 Å². The number of hydrogen-bond acceptors (Lipinski definition) is 5. The van der Waals surface area contributed by atoms with Gasteiger partial charge in [-0.1, -0.05) is 125 Å². The van der Waals surface area contributed by atoms with Gasteiger partial charge >= 0.3 is 0 Å². The summed E-state index contributed by atoms with van der Waals surface area (Å²) in [4.78, 5) is 2.84. The first kappa shape index (κ1) is 59.1. The molecule has 67 heavy (non-hydrogen) atoms. The van der Waals surface area contributed by atoms with Crippen molar-refractivity contribution in [2.75, 3.05) is 20.8 Å². The molecule has 0 spiro atoms. The SMILES string of the molecule is CCCOc1ccc(Cl)c(C(C)C)c1.CCc1cccc(OC)c1C(C)C.COc1cc(C)c(C(C)C)cc1C.Cc1cc(Br)c(C(C)C)s1.Cc1cc(Cn2cccn2)cc(C(C)C)c1C. The van der Waals surface area contributed by atoms with Crippen molar-refractivity contribution in [3.05, 3.63) is 160 Å². The molecule has 0 aliphatic carbocycles. The number of benzene rings is 4. The van der Waals surface area contributed by atoms with Crippen LogP contribution in [0.4, 0.5) is 0 Å². The lowest BCUT2D eigenvalue weighted by Crippen LogP contribution is -2.03. The molecule has 0 aliphatic heterocycles. The van der Waals surface area contributed by atoms with Gasteiger partial charge in [-0.2, -0.15) is 5.10 Å². The van der Waals surface area contributed by atoms with Gasteiger partial charge in [0.2, 0.25) is 0 Å². The van der Waals surface area contributed by atoms with Gasteiger partial charge in [-0.15, -0.1) is 11.3 Å². The maximum atomic E-state index is 6.07. The molecular weight excluding hydrogens is 932 g/mol. The zero-order valence-electron chi connectivity index (χ0n) is 44.6. The Labute approximate surface area is 425 Å². The van der Waals surface area contributed by atoms with Gasteiger partial charge < -0.3 is 14.2 Å². The molecule has 4 aromatic carbocycles. The minimum Gasteiger partial charge on any atom is -0.496 e. The van der Waals surface area contributed by atoms with E-state index in [0.29, 0.717) is 29.6 Å². The lowest BCUT2D eigenvalue weighted by atomic mass is 9.92. The summed E-state index contributed by atoms with van der Waals surface area (Å²) in [6, 6.07) is 25.2. The predicted molar refractivity (Wildman–Crippen MR) is 297 cm³/mol. The highest BCUT2D eigenvalue weighted by Crippen LogP contribution is 2.33. The summed E-state index contributed by atoms with van der Waals surface area (Å²) in [6.45, 7) is 38.7. The van der Waals surface area contributed by atoms with Gasteiger partial charge in [0.1, 0.15) is 17.2 Å². The molecule has 0 bridgehead atoms. The van der Waals surface area contributed by atoms with Crippen LogP contribution in [-0.4, -0.2) is 30.6 Å². The number of halogens is 2. The molecule has 5 nitrogen and oxygen atoms in total. The van der Waals surface area contributed by atoms with Crippen LogP contribution in [-0.2, 0) is 13.0 Å². The van der Waals surface area contributed by atoms with Gasteiger partial charge in [-0.3, -0.25) is 4.68 Å². The first-order chi connectivity index (χ1) is 31.6. The van der Waals surface area contributed by atoms with Crippen LogP contribution < -0.4 is 14.2 Å². The van der Waals surface area contributed by atoms with Crippen LogP contribution in [0.25, 0.3) is 0 Å². The van der Waals surface area contributed by atoms with E-state index in [1.807, 2.05) is 58.7 Å². The van der Waals surface area contributed by atoms with Gasteiger partial charge in [0.25, 0.3) is 0 Å². The van der Waals surface area contributed by atoms with Gasteiger partial charge in [0.15, 0.2) is 0 Å². The van der Waals surface area contributed by atoms with Crippen LogP contribution >= 0.6 is 38.9 Å². The molecular formula is C59H84BrClN2O3S. The van der Waals surface area contributed by atoms with E-state index < -0.39 is 0 Å². The average Bonchev–Trinajstić information content (AvgIpc) is 3.93. The van der Waals surface area contributed by atoms with Crippen LogP contribution in [0.1, 0.15) is 184 Å². The number of nitrogens with zero attached hydrogens (tertiary/aromatic N) is 2. The predicted octanol–water partition coefficient (Wildman–Crippen LogP) is 18.7. The molecule has 0 amide bonds. The highest BCUT2D eigenvalue weighted by Gasteiger charge is 2.12. The molecule has 6 rings (SSSR count).